The summed E-state index contributed by atoms with van der Waals surface area (Å²) in [5, 5.41) is 0. The van der Waals surface area contributed by atoms with Crippen molar-refractivity contribution in [2.75, 3.05) is 0 Å². The van der Waals surface area contributed by atoms with E-state index < -0.39 is 18.3 Å². The Morgan fingerprint density at radius 2 is 1.82 bits per heavy atom. The second kappa shape index (κ2) is 4.28. The zero-order valence-electron chi connectivity index (χ0n) is 10.5. The molecular weight excluding hydrogens is 215 g/mol. The van der Waals surface area contributed by atoms with Gasteiger partial charge in [0.1, 0.15) is 6.29 Å². The van der Waals surface area contributed by atoms with Crippen molar-refractivity contribution >= 4 is 18.9 Å². The second-order valence-electron chi connectivity index (χ2n) is 5.09. The van der Waals surface area contributed by atoms with Gasteiger partial charge in [-0.1, -0.05) is 30.3 Å². The van der Waals surface area contributed by atoms with Crippen molar-refractivity contribution in [3.8, 4) is 0 Å². The Labute approximate surface area is 102 Å². The fourth-order valence-corrected chi connectivity index (χ4v) is 1.99. The number of aldehydes is 1. The average molecular weight is 232 g/mol. The van der Waals surface area contributed by atoms with Crippen LogP contribution < -0.4 is 5.46 Å². The van der Waals surface area contributed by atoms with Crippen LogP contribution in [-0.2, 0) is 14.1 Å². The van der Waals surface area contributed by atoms with Crippen molar-refractivity contribution in [1.82, 2.24) is 0 Å². The molecule has 1 aliphatic heterocycles. The van der Waals surface area contributed by atoms with E-state index in [-0.39, 0.29) is 0 Å². The lowest BCUT2D eigenvalue weighted by molar-refractivity contribution is -0.113. The monoisotopic (exact) mass is 232 g/mol. The van der Waals surface area contributed by atoms with Gasteiger partial charge in [-0.2, -0.15) is 0 Å². The first-order chi connectivity index (χ1) is 7.98. The van der Waals surface area contributed by atoms with Crippen LogP contribution in [0.3, 0.4) is 0 Å². The summed E-state index contributed by atoms with van der Waals surface area (Å²) in [6.07, 6.45) is 1.22. The van der Waals surface area contributed by atoms with E-state index in [1.54, 1.807) is 0 Å². The smallest absolute Gasteiger partial charge is 0.399 e. The van der Waals surface area contributed by atoms with E-state index in [4.69, 9.17) is 9.31 Å². The maximum absolute atomic E-state index is 10.8. The fourth-order valence-electron chi connectivity index (χ4n) is 1.99. The molecule has 1 heterocycles. The molecule has 0 N–H and O–H groups in total. The van der Waals surface area contributed by atoms with Crippen LogP contribution in [0.1, 0.15) is 27.2 Å². The minimum atomic E-state index is -0.574. The molecule has 0 radical (unpaired) electrons. The Morgan fingerprint density at radius 1 is 1.18 bits per heavy atom. The van der Waals surface area contributed by atoms with E-state index in [9.17, 15) is 4.79 Å². The second-order valence-corrected chi connectivity index (χ2v) is 5.09. The van der Waals surface area contributed by atoms with Gasteiger partial charge in [-0.15, -0.1) is 0 Å². The summed E-state index contributed by atoms with van der Waals surface area (Å²) in [6.45, 7) is 5.84. The van der Waals surface area contributed by atoms with E-state index in [1.807, 2.05) is 51.1 Å². The topological polar surface area (TPSA) is 35.5 Å². The highest BCUT2D eigenvalue weighted by atomic mass is 16.7. The zero-order chi connectivity index (χ0) is 12.5. The molecule has 1 fully saturated rings. The minimum Gasteiger partial charge on any atom is -0.399 e. The molecule has 1 aliphatic rings. The van der Waals surface area contributed by atoms with Gasteiger partial charge in [0.15, 0.2) is 0 Å². The highest BCUT2D eigenvalue weighted by Crippen LogP contribution is 2.38. The molecule has 2 rings (SSSR count). The number of carbonyl (C=O) groups is 1. The van der Waals surface area contributed by atoms with Crippen molar-refractivity contribution in [3.63, 3.8) is 0 Å². The van der Waals surface area contributed by atoms with Gasteiger partial charge < -0.3 is 14.1 Å². The number of carbonyl (C=O) groups excluding carboxylic acids is 1. The van der Waals surface area contributed by atoms with Gasteiger partial charge in [-0.05, 0) is 26.2 Å². The molecule has 0 amide bonds. The molecule has 3 nitrogen and oxygen atoms in total. The van der Waals surface area contributed by atoms with Crippen LogP contribution in [0, 0.1) is 0 Å². The van der Waals surface area contributed by atoms with Gasteiger partial charge in [0.05, 0.1) is 11.2 Å². The van der Waals surface area contributed by atoms with Gasteiger partial charge in [-0.3, -0.25) is 0 Å². The molecule has 0 saturated carbocycles. The van der Waals surface area contributed by atoms with Crippen molar-refractivity contribution in [2.45, 2.75) is 38.4 Å². The normalized spacial score (nSPS) is 27.1. The molecule has 0 aromatic heterocycles. The first-order valence-electron chi connectivity index (χ1n) is 5.83. The highest BCUT2D eigenvalue weighted by molar-refractivity contribution is 6.62. The molecule has 4 heteroatoms. The SMILES string of the molecule is CC1(C)OB(c2ccccc2)OC1(C)CC=O. The van der Waals surface area contributed by atoms with E-state index in [1.165, 1.54) is 0 Å². The molecule has 0 bridgehead atoms. The first kappa shape index (κ1) is 12.3. The van der Waals surface area contributed by atoms with Crippen molar-refractivity contribution in [1.29, 1.82) is 0 Å². The van der Waals surface area contributed by atoms with Gasteiger partial charge in [0.2, 0.25) is 0 Å². The molecule has 17 heavy (non-hydrogen) atoms. The summed E-state index contributed by atoms with van der Waals surface area (Å²) in [6, 6.07) is 9.78. The molecule has 0 spiro atoms. The van der Waals surface area contributed by atoms with Crippen molar-refractivity contribution in [2.24, 2.45) is 0 Å². The minimum absolute atomic E-state index is 0.337. The maximum Gasteiger partial charge on any atom is 0.494 e. The molecule has 1 aromatic carbocycles. The Hall–Kier alpha value is -1.13. The number of benzene rings is 1. The van der Waals surface area contributed by atoms with E-state index >= 15 is 0 Å². The molecule has 1 atom stereocenters. The summed E-state index contributed by atoms with van der Waals surface area (Å²) in [5.74, 6) is 0. The molecule has 90 valence electrons. The van der Waals surface area contributed by atoms with E-state index in [0.29, 0.717) is 6.42 Å². The lowest BCUT2D eigenvalue weighted by Crippen LogP contribution is -2.45. The fraction of sp³-hybridized carbons (Fsp3) is 0.462. The molecular formula is C13H17BO3. The summed E-state index contributed by atoms with van der Waals surface area (Å²) in [5.41, 5.74) is -0.0702. The third kappa shape index (κ3) is 2.15. The molecule has 1 saturated heterocycles. The van der Waals surface area contributed by atoms with E-state index in [2.05, 4.69) is 0 Å². The predicted octanol–water partition coefficient (Wildman–Crippen LogP) is 1.55. The molecule has 0 aliphatic carbocycles. The lowest BCUT2D eigenvalue weighted by Gasteiger charge is -2.34. The Balaban J connectivity index is 2.24. The van der Waals surface area contributed by atoms with Crippen LogP contribution in [0.15, 0.2) is 30.3 Å². The number of hydrogen-bond donors (Lipinski definition) is 0. The average Bonchev–Trinajstić information content (AvgIpc) is 2.52. The van der Waals surface area contributed by atoms with Crippen LogP contribution >= 0.6 is 0 Å². The third-order valence-electron chi connectivity index (χ3n) is 3.59. The van der Waals surface area contributed by atoms with Crippen molar-refractivity contribution in [3.05, 3.63) is 30.3 Å². The van der Waals surface area contributed by atoms with Crippen LogP contribution in [0.25, 0.3) is 0 Å². The van der Waals surface area contributed by atoms with Gasteiger partial charge >= 0.3 is 7.12 Å². The maximum atomic E-state index is 10.8. The van der Waals surface area contributed by atoms with E-state index in [0.717, 1.165) is 11.7 Å². The lowest BCUT2D eigenvalue weighted by atomic mass is 9.79. The van der Waals surface area contributed by atoms with Gasteiger partial charge in [0.25, 0.3) is 0 Å². The summed E-state index contributed by atoms with van der Waals surface area (Å²) in [4.78, 5) is 10.8. The Kier molecular flexibility index (Phi) is 3.10. The van der Waals surface area contributed by atoms with Crippen molar-refractivity contribution < 1.29 is 14.1 Å². The quantitative estimate of drug-likeness (QED) is 0.586. The molecule has 1 aromatic rings. The van der Waals surface area contributed by atoms with Crippen LogP contribution in [-0.4, -0.2) is 24.6 Å². The van der Waals surface area contributed by atoms with Crippen LogP contribution in [0.5, 0.6) is 0 Å². The number of rotatable bonds is 3. The largest absolute Gasteiger partial charge is 0.494 e. The standard InChI is InChI=1S/C13H17BO3/c1-12(2)13(3,9-10-15)17-14(16-12)11-7-5-4-6-8-11/h4-8,10H,9H2,1-3H3. The summed E-state index contributed by atoms with van der Waals surface area (Å²) >= 11 is 0. The van der Waals surface area contributed by atoms with Gasteiger partial charge in [-0.25, -0.2) is 0 Å². The van der Waals surface area contributed by atoms with Crippen LogP contribution in [0.2, 0.25) is 0 Å². The number of hydrogen-bond acceptors (Lipinski definition) is 3. The van der Waals surface area contributed by atoms with Crippen LogP contribution in [0.4, 0.5) is 0 Å². The Bertz CT molecular complexity index is 404. The third-order valence-corrected chi connectivity index (χ3v) is 3.59. The van der Waals surface area contributed by atoms with Gasteiger partial charge in [0, 0.05) is 6.42 Å². The summed E-state index contributed by atoms with van der Waals surface area (Å²) < 4.78 is 11.9. The summed E-state index contributed by atoms with van der Waals surface area (Å²) in [7, 11) is -0.392. The molecule has 1 unspecified atom stereocenters. The Morgan fingerprint density at radius 3 is 2.41 bits per heavy atom. The highest BCUT2D eigenvalue weighted by Gasteiger charge is 2.54. The zero-order valence-corrected chi connectivity index (χ0v) is 10.5. The first-order valence-corrected chi connectivity index (χ1v) is 5.83. The predicted molar refractivity (Wildman–Crippen MR) is 67.2 cm³/mol.